The van der Waals surface area contributed by atoms with Gasteiger partial charge in [0.15, 0.2) is 11.5 Å². The highest BCUT2D eigenvalue weighted by molar-refractivity contribution is 9.10. The molecule has 6 heteroatoms. The van der Waals surface area contributed by atoms with Gasteiger partial charge in [0.25, 0.3) is 0 Å². The molecule has 3 aromatic rings. The fourth-order valence-corrected chi connectivity index (χ4v) is 4.04. The number of nitrogens with zero attached hydrogens (tertiary/aromatic N) is 2. The van der Waals surface area contributed by atoms with Crippen molar-refractivity contribution in [1.82, 2.24) is 9.99 Å². The third-order valence-corrected chi connectivity index (χ3v) is 5.51. The van der Waals surface area contributed by atoms with E-state index in [0.717, 1.165) is 52.3 Å². The van der Waals surface area contributed by atoms with Gasteiger partial charge < -0.3 is 14.9 Å². The van der Waals surface area contributed by atoms with E-state index in [1.165, 1.54) is 5.56 Å². The summed E-state index contributed by atoms with van der Waals surface area (Å²) in [6.45, 7) is 2.12. The van der Waals surface area contributed by atoms with E-state index in [9.17, 15) is 0 Å². The first kappa shape index (κ1) is 18.8. The molecule has 2 aromatic carbocycles. The Bertz CT molecular complexity index is 936. The zero-order valence-electron chi connectivity index (χ0n) is 15.7. The smallest absolute Gasteiger partial charge is 0.166 e. The predicted molar refractivity (Wildman–Crippen MR) is 113 cm³/mol. The van der Waals surface area contributed by atoms with Crippen LogP contribution in [-0.4, -0.2) is 23.6 Å². The Balaban J connectivity index is 1.61. The molecule has 1 N–H and O–H groups in total. The zero-order chi connectivity index (χ0) is 19.3. The summed E-state index contributed by atoms with van der Waals surface area (Å²) in [5.74, 6) is 1.55. The van der Waals surface area contributed by atoms with Crippen LogP contribution >= 0.6 is 15.9 Å². The van der Waals surface area contributed by atoms with Crippen molar-refractivity contribution >= 4 is 21.6 Å². The Morgan fingerprint density at radius 1 is 1.11 bits per heavy atom. The topological polar surface area (TPSA) is 46.6 Å². The number of nitrogens with one attached hydrogen (secondary N) is 1. The lowest BCUT2D eigenvalue weighted by atomic mass is 9.99. The van der Waals surface area contributed by atoms with E-state index in [2.05, 4.69) is 43.5 Å². The molecule has 0 aliphatic carbocycles. The van der Waals surface area contributed by atoms with Crippen molar-refractivity contribution in [2.45, 2.75) is 19.6 Å². The molecule has 0 spiro atoms. The van der Waals surface area contributed by atoms with Crippen LogP contribution in [0.5, 0.6) is 11.5 Å². The van der Waals surface area contributed by atoms with E-state index in [1.54, 1.807) is 19.5 Å². The summed E-state index contributed by atoms with van der Waals surface area (Å²) in [7, 11) is 1.68. The molecular weight excluding hydrogens is 418 g/mol. The highest BCUT2D eigenvalue weighted by atomic mass is 79.9. The predicted octanol–water partition coefficient (Wildman–Crippen LogP) is 4.82. The van der Waals surface area contributed by atoms with Gasteiger partial charge in [-0.3, -0.25) is 4.98 Å². The summed E-state index contributed by atoms with van der Waals surface area (Å²) in [5.41, 5.74) is 8.03. The summed E-state index contributed by atoms with van der Waals surface area (Å²) in [4.78, 5) is 4.07. The number of anilines is 1. The second kappa shape index (κ2) is 8.63. The number of hydrogen-bond acceptors (Lipinski definition) is 5. The van der Waals surface area contributed by atoms with Crippen LogP contribution in [0.25, 0.3) is 0 Å². The number of hydrogen-bond donors (Lipinski definition) is 1. The minimum atomic E-state index is 0.503. The number of hydrazine groups is 1. The maximum atomic E-state index is 6.26. The lowest BCUT2D eigenvalue weighted by molar-refractivity contribution is 0.259. The Morgan fingerprint density at radius 3 is 2.64 bits per heavy atom. The Morgan fingerprint density at radius 2 is 1.89 bits per heavy atom. The summed E-state index contributed by atoms with van der Waals surface area (Å²) in [6, 6.07) is 16.1. The molecule has 5 nitrogen and oxygen atoms in total. The highest BCUT2D eigenvalue weighted by Gasteiger charge is 2.25. The molecular formula is C22H22BrN3O2. The molecule has 0 radical (unpaired) electrons. The van der Waals surface area contributed by atoms with Gasteiger partial charge in [0.05, 0.1) is 12.8 Å². The van der Waals surface area contributed by atoms with Gasteiger partial charge in [0.2, 0.25) is 0 Å². The Kier molecular flexibility index (Phi) is 5.78. The number of aromatic nitrogens is 1. The maximum absolute atomic E-state index is 6.26. The molecule has 0 saturated carbocycles. The quantitative estimate of drug-likeness (QED) is 0.596. The Labute approximate surface area is 173 Å². The van der Waals surface area contributed by atoms with Crippen molar-refractivity contribution in [3.8, 4) is 11.5 Å². The third-order valence-electron chi connectivity index (χ3n) is 4.80. The van der Waals surface area contributed by atoms with Crippen LogP contribution in [0.2, 0.25) is 0 Å². The van der Waals surface area contributed by atoms with Crippen molar-refractivity contribution in [1.29, 1.82) is 0 Å². The summed E-state index contributed by atoms with van der Waals surface area (Å²) in [6.07, 6.45) is 4.49. The van der Waals surface area contributed by atoms with Gasteiger partial charge >= 0.3 is 0 Å². The molecule has 1 aliphatic heterocycles. The molecule has 2 heterocycles. The molecule has 28 heavy (non-hydrogen) atoms. The van der Waals surface area contributed by atoms with Crippen molar-refractivity contribution in [2.75, 3.05) is 19.1 Å². The number of benzene rings is 2. The van der Waals surface area contributed by atoms with Gasteiger partial charge in [-0.05, 0) is 35.7 Å². The van der Waals surface area contributed by atoms with Crippen LogP contribution in [0.1, 0.15) is 16.7 Å². The van der Waals surface area contributed by atoms with Crippen LogP contribution in [-0.2, 0) is 19.6 Å². The van der Waals surface area contributed by atoms with Gasteiger partial charge in [-0.25, -0.2) is 5.01 Å². The van der Waals surface area contributed by atoms with Crippen LogP contribution < -0.4 is 14.9 Å². The van der Waals surface area contributed by atoms with E-state index in [-0.39, 0.29) is 0 Å². The minimum Gasteiger partial charge on any atom is -0.493 e. The maximum Gasteiger partial charge on any atom is 0.166 e. The summed E-state index contributed by atoms with van der Waals surface area (Å²) >= 11 is 3.71. The average Bonchev–Trinajstić information content (AvgIpc) is 2.74. The third kappa shape index (κ3) is 4.13. The summed E-state index contributed by atoms with van der Waals surface area (Å²) in [5, 5.41) is 2.19. The number of halogens is 1. The first-order chi connectivity index (χ1) is 13.7. The zero-order valence-corrected chi connectivity index (χ0v) is 17.3. The van der Waals surface area contributed by atoms with Crippen LogP contribution in [0.3, 0.4) is 0 Å². The standard InChI is InChI=1S/C22H22BrN3O2/c1-27-21-13-20(23)18-9-12-26(25-17-7-10-24-11-8-17)14-19(18)22(21)28-15-16-5-3-2-4-6-16/h2-8,10-11,13H,9,12,14-15H2,1H3,(H,24,25). The van der Waals surface area contributed by atoms with Crippen molar-refractivity contribution < 1.29 is 9.47 Å². The number of methoxy groups -OCH3 is 1. The van der Waals surface area contributed by atoms with Crippen LogP contribution in [0.4, 0.5) is 5.69 Å². The average molecular weight is 440 g/mol. The highest BCUT2D eigenvalue weighted by Crippen LogP contribution is 2.41. The monoisotopic (exact) mass is 439 g/mol. The van der Waals surface area contributed by atoms with Gasteiger partial charge in [-0.1, -0.05) is 46.3 Å². The van der Waals surface area contributed by atoms with E-state index in [4.69, 9.17) is 9.47 Å². The lowest BCUT2D eigenvalue weighted by Crippen LogP contribution is -2.35. The normalized spacial score (nSPS) is 13.6. The van der Waals surface area contributed by atoms with Crippen molar-refractivity contribution in [3.05, 3.63) is 82.1 Å². The van der Waals surface area contributed by atoms with Gasteiger partial charge in [-0.2, -0.15) is 0 Å². The molecule has 1 aliphatic rings. The molecule has 4 rings (SSSR count). The first-order valence-corrected chi connectivity index (χ1v) is 10.0. The van der Waals surface area contributed by atoms with E-state index >= 15 is 0 Å². The number of fused-ring (bicyclic) bond motifs is 1. The molecule has 0 fully saturated rings. The second-order valence-corrected chi connectivity index (χ2v) is 7.49. The SMILES string of the molecule is COc1cc(Br)c2c(c1OCc1ccccc1)CN(Nc1ccncc1)CC2. The Hall–Kier alpha value is -2.57. The molecule has 0 bridgehead atoms. The molecule has 0 saturated heterocycles. The fourth-order valence-electron chi connectivity index (χ4n) is 3.40. The first-order valence-electron chi connectivity index (χ1n) is 9.21. The van der Waals surface area contributed by atoms with Crippen LogP contribution in [0.15, 0.2) is 65.4 Å². The number of pyridine rings is 1. The van der Waals surface area contributed by atoms with E-state index in [0.29, 0.717) is 6.61 Å². The molecule has 0 atom stereocenters. The molecule has 0 unspecified atom stereocenters. The second-order valence-electron chi connectivity index (χ2n) is 6.64. The largest absolute Gasteiger partial charge is 0.493 e. The van der Waals surface area contributed by atoms with E-state index < -0.39 is 0 Å². The lowest BCUT2D eigenvalue weighted by Gasteiger charge is -2.32. The number of rotatable bonds is 6. The fraction of sp³-hybridized carbons (Fsp3) is 0.227. The summed E-state index contributed by atoms with van der Waals surface area (Å²) < 4.78 is 13.0. The van der Waals surface area contributed by atoms with Crippen LogP contribution in [0, 0.1) is 0 Å². The minimum absolute atomic E-state index is 0.503. The number of ether oxygens (including phenoxy) is 2. The molecule has 144 valence electrons. The van der Waals surface area contributed by atoms with Gasteiger partial charge in [-0.15, -0.1) is 0 Å². The molecule has 1 aromatic heterocycles. The van der Waals surface area contributed by atoms with Gasteiger partial charge in [0, 0.05) is 35.5 Å². The van der Waals surface area contributed by atoms with Crippen molar-refractivity contribution in [2.24, 2.45) is 0 Å². The van der Waals surface area contributed by atoms with Crippen molar-refractivity contribution in [3.63, 3.8) is 0 Å². The molecule has 0 amide bonds. The van der Waals surface area contributed by atoms with E-state index in [1.807, 2.05) is 36.4 Å². The van der Waals surface area contributed by atoms with Gasteiger partial charge in [0.1, 0.15) is 6.61 Å².